The number of hydrogen-bond donors (Lipinski definition) is 2. The van der Waals surface area contributed by atoms with Crippen molar-refractivity contribution in [2.45, 2.75) is 25.9 Å². The highest BCUT2D eigenvalue weighted by Gasteiger charge is 2.36. The van der Waals surface area contributed by atoms with Crippen LogP contribution in [0.25, 0.3) is 0 Å². The van der Waals surface area contributed by atoms with Crippen molar-refractivity contribution < 1.29 is 13.5 Å². The molecule has 0 aromatic heterocycles. The molecule has 1 aliphatic rings. The maximum atomic E-state index is 10.9. The number of nitrogens with zero attached hydrogens (tertiary/aromatic N) is 1. The summed E-state index contributed by atoms with van der Waals surface area (Å²) < 4.78 is 23.1. The highest BCUT2D eigenvalue weighted by Crippen LogP contribution is 2.27. The summed E-state index contributed by atoms with van der Waals surface area (Å²) in [5.41, 5.74) is -0.834. The predicted octanol–water partition coefficient (Wildman–Crippen LogP) is -0.717. The van der Waals surface area contributed by atoms with E-state index in [0.29, 0.717) is 19.5 Å². The van der Waals surface area contributed by atoms with Crippen molar-refractivity contribution in [2.75, 3.05) is 13.1 Å². The fraction of sp³-hybridized carbons (Fsp3) is 1.00. The SMILES string of the molecule is CC(C)(O)C1CCN(S(N)(=O)=O)C1. The first kappa shape index (κ1) is 10.9. The van der Waals surface area contributed by atoms with Crippen LogP contribution in [0, 0.1) is 5.92 Å². The summed E-state index contributed by atoms with van der Waals surface area (Å²) in [6.07, 6.45) is 0.667. The van der Waals surface area contributed by atoms with Gasteiger partial charge in [0.15, 0.2) is 0 Å². The van der Waals surface area contributed by atoms with Crippen molar-refractivity contribution in [2.24, 2.45) is 11.1 Å². The average Bonchev–Trinajstić information content (AvgIpc) is 2.28. The summed E-state index contributed by atoms with van der Waals surface area (Å²) in [6, 6.07) is 0. The summed E-state index contributed by atoms with van der Waals surface area (Å²) in [7, 11) is -3.57. The molecule has 0 bridgehead atoms. The highest BCUT2D eigenvalue weighted by atomic mass is 32.2. The van der Waals surface area contributed by atoms with Crippen molar-refractivity contribution in [1.29, 1.82) is 0 Å². The lowest BCUT2D eigenvalue weighted by molar-refractivity contribution is 0.0236. The molecule has 0 saturated carbocycles. The Morgan fingerprint density at radius 1 is 1.54 bits per heavy atom. The van der Waals surface area contributed by atoms with E-state index in [4.69, 9.17) is 5.14 Å². The first-order valence-electron chi connectivity index (χ1n) is 4.21. The molecule has 0 amide bonds. The number of hydrogen-bond acceptors (Lipinski definition) is 3. The van der Waals surface area contributed by atoms with Crippen LogP contribution in [0.4, 0.5) is 0 Å². The first-order valence-corrected chi connectivity index (χ1v) is 5.72. The molecule has 0 aromatic carbocycles. The second-order valence-corrected chi connectivity index (χ2v) is 5.59. The Balaban J connectivity index is 2.66. The van der Waals surface area contributed by atoms with Crippen LogP contribution in [-0.4, -0.2) is 36.5 Å². The van der Waals surface area contributed by atoms with Gasteiger partial charge in [0.25, 0.3) is 10.2 Å². The minimum absolute atomic E-state index is 0.0224. The number of nitrogens with two attached hydrogens (primary N) is 1. The molecular formula is C7H16N2O3S. The first-order chi connectivity index (χ1) is 5.71. The van der Waals surface area contributed by atoms with Crippen LogP contribution < -0.4 is 5.14 Å². The third-order valence-corrected chi connectivity index (χ3v) is 3.56. The maximum absolute atomic E-state index is 10.9. The van der Waals surface area contributed by atoms with Gasteiger partial charge in [-0.2, -0.15) is 12.7 Å². The molecule has 0 spiro atoms. The summed E-state index contributed by atoms with van der Waals surface area (Å²) in [4.78, 5) is 0. The van der Waals surface area contributed by atoms with Crippen LogP contribution in [-0.2, 0) is 10.2 Å². The number of aliphatic hydroxyl groups is 1. The zero-order chi connectivity index (χ0) is 10.3. The zero-order valence-electron chi connectivity index (χ0n) is 7.90. The highest BCUT2D eigenvalue weighted by molar-refractivity contribution is 7.86. The Hall–Kier alpha value is -0.170. The topological polar surface area (TPSA) is 83.6 Å². The Labute approximate surface area is 78.7 Å². The van der Waals surface area contributed by atoms with E-state index in [-0.39, 0.29) is 5.92 Å². The lowest BCUT2D eigenvalue weighted by Crippen LogP contribution is -2.38. The van der Waals surface area contributed by atoms with Gasteiger partial charge in [0.2, 0.25) is 0 Å². The van der Waals surface area contributed by atoms with Crippen LogP contribution in [0.15, 0.2) is 0 Å². The van der Waals surface area contributed by atoms with Gasteiger partial charge in [0, 0.05) is 19.0 Å². The van der Waals surface area contributed by atoms with E-state index in [2.05, 4.69) is 0 Å². The molecule has 5 nitrogen and oxygen atoms in total. The average molecular weight is 208 g/mol. The third-order valence-electron chi connectivity index (χ3n) is 2.51. The molecule has 6 heteroatoms. The van der Waals surface area contributed by atoms with Crippen molar-refractivity contribution in [3.8, 4) is 0 Å². The van der Waals surface area contributed by atoms with E-state index in [1.807, 2.05) is 0 Å². The molecule has 1 rings (SSSR count). The fourth-order valence-corrected chi connectivity index (χ4v) is 2.28. The third kappa shape index (κ3) is 2.63. The van der Waals surface area contributed by atoms with Gasteiger partial charge >= 0.3 is 0 Å². The largest absolute Gasteiger partial charge is 0.390 e. The standard InChI is InChI=1S/C7H16N2O3S/c1-7(2,10)6-3-4-9(5-6)13(8,11)12/h6,10H,3-5H2,1-2H3,(H2,8,11,12). The molecule has 1 fully saturated rings. The van der Waals surface area contributed by atoms with E-state index >= 15 is 0 Å². The molecule has 1 aliphatic heterocycles. The molecule has 1 heterocycles. The minimum Gasteiger partial charge on any atom is -0.390 e. The van der Waals surface area contributed by atoms with Gasteiger partial charge in [0.05, 0.1) is 5.60 Å². The van der Waals surface area contributed by atoms with Crippen LogP contribution in [0.1, 0.15) is 20.3 Å². The molecular weight excluding hydrogens is 192 g/mol. The summed E-state index contributed by atoms with van der Waals surface area (Å²) in [6.45, 7) is 4.10. The van der Waals surface area contributed by atoms with Gasteiger partial charge in [-0.3, -0.25) is 0 Å². The molecule has 78 valence electrons. The Bertz CT molecular complexity index is 281. The molecule has 1 atom stereocenters. The fourth-order valence-electron chi connectivity index (χ4n) is 1.54. The molecule has 1 saturated heterocycles. The Kier molecular flexibility index (Phi) is 2.68. The van der Waals surface area contributed by atoms with E-state index in [9.17, 15) is 13.5 Å². The van der Waals surface area contributed by atoms with E-state index < -0.39 is 15.8 Å². The Morgan fingerprint density at radius 2 is 2.08 bits per heavy atom. The van der Waals surface area contributed by atoms with E-state index in [1.54, 1.807) is 13.8 Å². The molecule has 13 heavy (non-hydrogen) atoms. The van der Waals surface area contributed by atoms with E-state index in [0.717, 1.165) is 0 Å². The van der Waals surface area contributed by atoms with Gasteiger partial charge in [-0.05, 0) is 20.3 Å². The quantitative estimate of drug-likeness (QED) is 0.628. The second kappa shape index (κ2) is 3.20. The zero-order valence-corrected chi connectivity index (χ0v) is 8.71. The smallest absolute Gasteiger partial charge is 0.276 e. The molecule has 0 radical (unpaired) electrons. The molecule has 0 aliphatic carbocycles. The van der Waals surface area contributed by atoms with Gasteiger partial charge in [0.1, 0.15) is 0 Å². The van der Waals surface area contributed by atoms with Gasteiger partial charge in [-0.1, -0.05) is 0 Å². The van der Waals surface area contributed by atoms with Crippen molar-refractivity contribution in [3.05, 3.63) is 0 Å². The van der Waals surface area contributed by atoms with Crippen LogP contribution in [0.5, 0.6) is 0 Å². The maximum Gasteiger partial charge on any atom is 0.276 e. The number of rotatable bonds is 2. The van der Waals surface area contributed by atoms with Gasteiger partial charge in [-0.25, -0.2) is 5.14 Å². The van der Waals surface area contributed by atoms with Crippen molar-refractivity contribution in [1.82, 2.24) is 4.31 Å². The molecule has 0 aromatic rings. The van der Waals surface area contributed by atoms with Gasteiger partial charge < -0.3 is 5.11 Å². The molecule has 3 N–H and O–H groups in total. The molecule has 1 unspecified atom stereocenters. The van der Waals surface area contributed by atoms with Crippen LogP contribution in [0.3, 0.4) is 0 Å². The lowest BCUT2D eigenvalue weighted by Gasteiger charge is -2.24. The predicted molar refractivity (Wildman–Crippen MR) is 49.1 cm³/mol. The van der Waals surface area contributed by atoms with Crippen molar-refractivity contribution in [3.63, 3.8) is 0 Å². The summed E-state index contributed by atoms with van der Waals surface area (Å²) in [5, 5.41) is 14.6. The minimum atomic E-state index is -3.57. The van der Waals surface area contributed by atoms with Gasteiger partial charge in [-0.15, -0.1) is 0 Å². The Morgan fingerprint density at radius 3 is 2.31 bits per heavy atom. The summed E-state index contributed by atoms with van der Waals surface area (Å²) in [5.74, 6) is -0.0224. The monoisotopic (exact) mass is 208 g/mol. The second-order valence-electron chi connectivity index (χ2n) is 4.04. The lowest BCUT2D eigenvalue weighted by atomic mass is 9.91. The van der Waals surface area contributed by atoms with Crippen LogP contribution >= 0.6 is 0 Å². The van der Waals surface area contributed by atoms with E-state index in [1.165, 1.54) is 4.31 Å². The summed E-state index contributed by atoms with van der Waals surface area (Å²) >= 11 is 0. The van der Waals surface area contributed by atoms with Crippen molar-refractivity contribution >= 4 is 10.2 Å². The van der Waals surface area contributed by atoms with Crippen LogP contribution in [0.2, 0.25) is 0 Å². The normalized spacial score (nSPS) is 26.6.